The maximum atomic E-state index is 12.3. The molecule has 1 aromatic carbocycles. The van der Waals surface area contributed by atoms with Crippen molar-refractivity contribution in [2.75, 3.05) is 30.7 Å². The highest BCUT2D eigenvalue weighted by molar-refractivity contribution is 7.99. The maximum absolute atomic E-state index is 12.3. The van der Waals surface area contributed by atoms with Gasteiger partial charge in [-0.1, -0.05) is 0 Å². The van der Waals surface area contributed by atoms with Crippen LogP contribution in [0, 0.1) is 5.92 Å². The van der Waals surface area contributed by atoms with E-state index in [0.29, 0.717) is 24.4 Å². The lowest BCUT2D eigenvalue weighted by Gasteiger charge is -2.22. The zero-order chi connectivity index (χ0) is 16.1. The van der Waals surface area contributed by atoms with E-state index in [1.807, 2.05) is 12.1 Å². The summed E-state index contributed by atoms with van der Waals surface area (Å²) >= 11 is 1.65. The van der Waals surface area contributed by atoms with Crippen LogP contribution in [0.5, 0.6) is 0 Å². The average Bonchev–Trinajstić information content (AvgIpc) is 2.75. The highest BCUT2D eigenvalue weighted by Gasteiger charge is 2.16. The molecule has 0 aliphatic carbocycles. The first-order chi connectivity index (χ1) is 11.2. The lowest BCUT2D eigenvalue weighted by atomic mass is 9.96. The Morgan fingerprint density at radius 3 is 3.13 bits per heavy atom. The van der Waals surface area contributed by atoms with Gasteiger partial charge in [0.25, 0.3) is 5.91 Å². The van der Waals surface area contributed by atoms with Crippen LogP contribution >= 0.6 is 11.8 Å². The fourth-order valence-electron chi connectivity index (χ4n) is 3.02. The molecule has 1 aromatic rings. The molecule has 3 N–H and O–H groups in total. The number of amides is 2. The summed E-state index contributed by atoms with van der Waals surface area (Å²) in [5.41, 5.74) is 1.36. The smallest absolute Gasteiger partial charge is 0.251 e. The van der Waals surface area contributed by atoms with Gasteiger partial charge in [0.2, 0.25) is 5.91 Å². The fourth-order valence-corrected chi connectivity index (χ4v) is 3.96. The third-order valence-electron chi connectivity index (χ3n) is 4.34. The SMILES string of the molecule is O=C1CCSc2ccc(C(=O)NCCC3CCCNC3)cc2N1. The number of thioether (sulfide) groups is 1. The first-order valence-corrected chi connectivity index (χ1v) is 9.26. The van der Waals surface area contributed by atoms with Crippen molar-refractivity contribution < 1.29 is 9.59 Å². The number of anilines is 1. The predicted octanol–water partition coefficient (Wildman–Crippen LogP) is 2.24. The Bertz CT molecular complexity index is 585. The van der Waals surface area contributed by atoms with Gasteiger partial charge >= 0.3 is 0 Å². The van der Waals surface area contributed by atoms with Crippen molar-refractivity contribution in [3.8, 4) is 0 Å². The monoisotopic (exact) mass is 333 g/mol. The molecule has 0 radical (unpaired) electrons. The van der Waals surface area contributed by atoms with Crippen molar-refractivity contribution in [1.29, 1.82) is 0 Å². The van der Waals surface area contributed by atoms with Crippen molar-refractivity contribution in [2.45, 2.75) is 30.6 Å². The second-order valence-electron chi connectivity index (χ2n) is 6.11. The summed E-state index contributed by atoms with van der Waals surface area (Å²) < 4.78 is 0. The average molecular weight is 333 g/mol. The zero-order valence-corrected chi connectivity index (χ0v) is 14.0. The van der Waals surface area contributed by atoms with Gasteiger partial charge in [-0.05, 0) is 56.5 Å². The molecule has 124 valence electrons. The van der Waals surface area contributed by atoms with Gasteiger partial charge in [-0.15, -0.1) is 11.8 Å². The molecule has 0 bridgehead atoms. The number of hydrogen-bond donors (Lipinski definition) is 3. The Labute approximate surface area is 141 Å². The molecular weight excluding hydrogens is 310 g/mol. The molecule has 1 atom stereocenters. The van der Waals surface area contributed by atoms with Crippen LogP contribution in [0.4, 0.5) is 5.69 Å². The van der Waals surface area contributed by atoms with E-state index < -0.39 is 0 Å². The van der Waals surface area contributed by atoms with Gasteiger partial charge in [-0.3, -0.25) is 9.59 Å². The molecule has 2 aliphatic rings. The first-order valence-electron chi connectivity index (χ1n) is 8.28. The first kappa shape index (κ1) is 16.3. The minimum atomic E-state index is -0.0694. The van der Waals surface area contributed by atoms with Crippen molar-refractivity contribution in [3.63, 3.8) is 0 Å². The van der Waals surface area contributed by atoms with Gasteiger partial charge in [0.1, 0.15) is 0 Å². The number of carbonyl (C=O) groups excluding carboxylic acids is 2. The highest BCUT2D eigenvalue weighted by Crippen LogP contribution is 2.31. The van der Waals surface area contributed by atoms with E-state index >= 15 is 0 Å². The fraction of sp³-hybridized carbons (Fsp3) is 0.529. The summed E-state index contributed by atoms with van der Waals surface area (Å²) in [7, 11) is 0. The molecule has 2 heterocycles. The summed E-state index contributed by atoms with van der Waals surface area (Å²) in [5, 5.41) is 9.26. The second kappa shape index (κ2) is 7.84. The lowest BCUT2D eigenvalue weighted by Crippen LogP contribution is -2.33. The molecule has 3 rings (SSSR count). The van der Waals surface area contributed by atoms with E-state index in [4.69, 9.17) is 0 Å². The summed E-state index contributed by atoms with van der Waals surface area (Å²) in [4.78, 5) is 25.0. The Morgan fingerprint density at radius 2 is 2.30 bits per heavy atom. The number of nitrogens with one attached hydrogen (secondary N) is 3. The van der Waals surface area contributed by atoms with Crippen molar-refractivity contribution in [3.05, 3.63) is 23.8 Å². The number of fused-ring (bicyclic) bond motifs is 1. The van der Waals surface area contributed by atoms with Crippen LogP contribution in [-0.4, -0.2) is 37.2 Å². The number of hydrogen-bond acceptors (Lipinski definition) is 4. The standard InChI is InChI=1S/C17H23N3O2S/c21-16-6-9-23-15-4-3-13(10-14(15)20-16)17(22)19-8-5-12-2-1-7-18-11-12/h3-4,10,12,18H,1-2,5-9,11H2,(H,19,22)(H,20,21). The molecular formula is C17H23N3O2S. The highest BCUT2D eigenvalue weighted by atomic mass is 32.2. The van der Waals surface area contributed by atoms with Gasteiger partial charge in [0.15, 0.2) is 0 Å². The zero-order valence-electron chi connectivity index (χ0n) is 13.2. The van der Waals surface area contributed by atoms with E-state index in [2.05, 4.69) is 16.0 Å². The largest absolute Gasteiger partial charge is 0.352 e. The molecule has 0 aromatic heterocycles. The molecule has 6 heteroatoms. The van der Waals surface area contributed by atoms with Crippen LogP contribution in [0.15, 0.2) is 23.1 Å². The second-order valence-corrected chi connectivity index (χ2v) is 7.25. The van der Waals surface area contributed by atoms with Gasteiger partial charge in [-0.2, -0.15) is 0 Å². The van der Waals surface area contributed by atoms with Crippen LogP contribution in [-0.2, 0) is 4.79 Å². The van der Waals surface area contributed by atoms with Crippen molar-refractivity contribution >= 4 is 29.3 Å². The van der Waals surface area contributed by atoms with E-state index in [1.54, 1.807) is 17.8 Å². The maximum Gasteiger partial charge on any atom is 0.251 e. The number of rotatable bonds is 4. The van der Waals surface area contributed by atoms with Gasteiger partial charge in [0.05, 0.1) is 5.69 Å². The van der Waals surface area contributed by atoms with Crippen LogP contribution in [0.2, 0.25) is 0 Å². The van der Waals surface area contributed by atoms with Crippen LogP contribution < -0.4 is 16.0 Å². The Morgan fingerprint density at radius 1 is 1.39 bits per heavy atom. The third-order valence-corrected chi connectivity index (χ3v) is 5.41. The van der Waals surface area contributed by atoms with Crippen molar-refractivity contribution in [1.82, 2.24) is 10.6 Å². The molecule has 5 nitrogen and oxygen atoms in total. The number of carbonyl (C=O) groups is 2. The Hall–Kier alpha value is -1.53. The van der Waals surface area contributed by atoms with Gasteiger partial charge < -0.3 is 16.0 Å². The van der Waals surface area contributed by atoms with Gasteiger partial charge in [0, 0.05) is 29.2 Å². The normalized spacial score (nSPS) is 21.0. The lowest BCUT2D eigenvalue weighted by molar-refractivity contribution is -0.115. The molecule has 1 fully saturated rings. The van der Waals surface area contributed by atoms with Gasteiger partial charge in [-0.25, -0.2) is 0 Å². The Kier molecular flexibility index (Phi) is 5.56. The topological polar surface area (TPSA) is 70.2 Å². The van der Waals surface area contributed by atoms with E-state index in [1.165, 1.54) is 12.8 Å². The molecule has 23 heavy (non-hydrogen) atoms. The van der Waals surface area contributed by atoms with E-state index in [9.17, 15) is 9.59 Å². The summed E-state index contributed by atoms with van der Waals surface area (Å²) in [6.07, 6.45) is 3.98. The molecule has 0 saturated carbocycles. The van der Waals surface area contributed by atoms with Crippen LogP contribution in [0.3, 0.4) is 0 Å². The molecule has 1 unspecified atom stereocenters. The summed E-state index contributed by atoms with van der Waals surface area (Å²) in [6.45, 7) is 2.86. The minimum Gasteiger partial charge on any atom is -0.352 e. The number of benzene rings is 1. The van der Waals surface area contributed by atoms with Crippen LogP contribution in [0.1, 0.15) is 36.0 Å². The third kappa shape index (κ3) is 4.48. The molecule has 2 aliphatic heterocycles. The predicted molar refractivity (Wildman–Crippen MR) is 93.0 cm³/mol. The van der Waals surface area contributed by atoms with E-state index in [0.717, 1.165) is 35.8 Å². The van der Waals surface area contributed by atoms with E-state index in [-0.39, 0.29) is 11.8 Å². The Balaban J connectivity index is 1.55. The summed E-state index contributed by atoms with van der Waals surface area (Å²) in [5.74, 6) is 1.38. The molecule has 0 spiro atoms. The van der Waals surface area contributed by atoms with Crippen LogP contribution in [0.25, 0.3) is 0 Å². The number of piperidine rings is 1. The minimum absolute atomic E-state index is 0.0126. The molecule has 2 amide bonds. The van der Waals surface area contributed by atoms with Crippen molar-refractivity contribution in [2.24, 2.45) is 5.92 Å². The summed E-state index contributed by atoms with van der Waals surface area (Å²) in [6, 6.07) is 5.54. The molecule has 1 saturated heterocycles. The quantitative estimate of drug-likeness (QED) is 0.790.